The number of carboxylic acid groups (broad SMARTS) is 1. The van der Waals surface area contributed by atoms with Crippen molar-refractivity contribution >= 4 is 11.7 Å². The Morgan fingerprint density at radius 3 is 2.68 bits per heavy atom. The zero-order chi connectivity index (χ0) is 14.4. The summed E-state index contributed by atoms with van der Waals surface area (Å²) in [5, 5.41) is 12.4. The van der Waals surface area contributed by atoms with Crippen LogP contribution in [0.1, 0.15) is 23.7 Å². The first-order chi connectivity index (χ1) is 8.93. The smallest absolute Gasteiger partial charge is 0.337 e. The number of nitrogens with zero attached hydrogens (tertiary/aromatic N) is 1. The number of nitrogens with one attached hydrogen (secondary N) is 1. The minimum absolute atomic E-state index is 0.188. The Bertz CT molecular complexity index is 433. The lowest BCUT2D eigenvalue weighted by atomic mass is 10.1. The van der Waals surface area contributed by atoms with Gasteiger partial charge in [-0.1, -0.05) is 0 Å². The van der Waals surface area contributed by atoms with E-state index in [0.717, 1.165) is 13.0 Å². The molecule has 106 valence electrons. The number of benzene rings is 1. The van der Waals surface area contributed by atoms with Crippen LogP contribution in [0.25, 0.3) is 0 Å². The minimum Gasteiger partial charge on any atom is -0.497 e. The second-order valence-electron chi connectivity index (χ2n) is 4.85. The van der Waals surface area contributed by atoms with E-state index in [2.05, 4.69) is 10.2 Å². The summed E-state index contributed by atoms with van der Waals surface area (Å²) in [6.45, 7) is 2.98. The van der Waals surface area contributed by atoms with Crippen LogP contribution in [0.5, 0.6) is 5.75 Å². The van der Waals surface area contributed by atoms with E-state index in [4.69, 9.17) is 4.74 Å². The molecular weight excluding hydrogens is 244 g/mol. The van der Waals surface area contributed by atoms with Crippen molar-refractivity contribution in [3.05, 3.63) is 23.8 Å². The molecule has 0 amide bonds. The van der Waals surface area contributed by atoms with Crippen LogP contribution < -0.4 is 10.1 Å². The Kier molecular flexibility index (Phi) is 5.63. The summed E-state index contributed by atoms with van der Waals surface area (Å²) in [4.78, 5) is 13.3. The van der Waals surface area contributed by atoms with Crippen molar-refractivity contribution in [2.45, 2.75) is 19.4 Å². The van der Waals surface area contributed by atoms with Gasteiger partial charge in [0.1, 0.15) is 5.75 Å². The molecule has 1 atom stereocenters. The van der Waals surface area contributed by atoms with Crippen molar-refractivity contribution in [3.63, 3.8) is 0 Å². The Morgan fingerprint density at radius 1 is 1.47 bits per heavy atom. The van der Waals surface area contributed by atoms with Gasteiger partial charge in [0.05, 0.1) is 18.4 Å². The summed E-state index contributed by atoms with van der Waals surface area (Å²) in [6.07, 6.45) is 0.934. The van der Waals surface area contributed by atoms with Gasteiger partial charge in [-0.05, 0) is 46.1 Å². The maximum Gasteiger partial charge on any atom is 0.337 e. The largest absolute Gasteiger partial charge is 0.497 e. The number of hydrogen-bond acceptors (Lipinski definition) is 4. The Labute approximate surface area is 114 Å². The van der Waals surface area contributed by atoms with Crippen LogP contribution in [-0.4, -0.2) is 49.8 Å². The highest BCUT2D eigenvalue weighted by Gasteiger charge is 2.13. The van der Waals surface area contributed by atoms with Gasteiger partial charge in [0, 0.05) is 12.1 Å². The monoisotopic (exact) mass is 266 g/mol. The molecule has 0 aliphatic rings. The average molecular weight is 266 g/mol. The molecule has 0 fully saturated rings. The van der Waals surface area contributed by atoms with E-state index in [1.54, 1.807) is 25.3 Å². The van der Waals surface area contributed by atoms with Gasteiger partial charge < -0.3 is 20.1 Å². The second-order valence-corrected chi connectivity index (χ2v) is 4.85. The van der Waals surface area contributed by atoms with Crippen LogP contribution in [0.15, 0.2) is 18.2 Å². The number of hydrogen-bond donors (Lipinski definition) is 2. The number of methoxy groups -OCH3 is 1. The number of carbonyl (C=O) groups is 1. The van der Waals surface area contributed by atoms with Gasteiger partial charge in [0.25, 0.3) is 0 Å². The summed E-state index contributed by atoms with van der Waals surface area (Å²) >= 11 is 0. The summed E-state index contributed by atoms with van der Waals surface area (Å²) in [6, 6.07) is 5.12. The third-order valence-corrected chi connectivity index (χ3v) is 2.87. The highest BCUT2D eigenvalue weighted by molar-refractivity contribution is 5.94. The van der Waals surface area contributed by atoms with Gasteiger partial charge in [-0.2, -0.15) is 0 Å². The van der Waals surface area contributed by atoms with E-state index < -0.39 is 5.97 Å². The Hall–Kier alpha value is -1.75. The zero-order valence-corrected chi connectivity index (χ0v) is 11.9. The van der Waals surface area contributed by atoms with Crippen LogP contribution in [0, 0.1) is 0 Å². The van der Waals surface area contributed by atoms with Crippen LogP contribution in [-0.2, 0) is 0 Å². The first-order valence-corrected chi connectivity index (χ1v) is 6.26. The molecule has 0 heterocycles. The van der Waals surface area contributed by atoms with Gasteiger partial charge in [-0.25, -0.2) is 4.79 Å². The molecule has 0 saturated carbocycles. The number of rotatable bonds is 7. The highest BCUT2D eigenvalue weighted by Crippen LogP contribution is 2.23. The summed E-state index contributed by atoms with van der Waals surface area (Å²) in [5.74, 6) is -0.294. The van der Waals surface area contributed by atoms with Crippen molar-refractivity contribution in [2.24, 2.45) is 0 Å². The summed E-state index contributed by atoms with van der Waals surface area (Å²) in [5.41, 5.74) is 0.857. The number of ether oxygens (including phenoxy) is 1. The van der Waals surface area contributed by atoms with Crippen molar-refractivity contribution in [3.8, 4) is 5.75 Å². The first-order valence-electron chi connectivity index (χ1n) is 6.26. The second kappa shape index (κ2) is 6.99. The fraction of sp³-hybridized carbons (Fsp3) is 0.500. The molecule has 1 unspecified atom stereocenters. The predicted molar refractivity (Wildman–Crippen MR) is 76.2 cm³/mol. The van der Waals surface area contributed by atoms with E-state index in [1.807, 2.05) is 21.0 Å². The van der Waals surface area contributed by atoms with Gasteiger partial charge in [0.15, 0.2) is 0 Å². The van der Waals surface area contributed by atoms with Crippen LogP contribution >= 0.6 is 0 Å². The highest BCUT2D eigenvalue weighted by atomic mass is 16.5. The third kappa shape index (κ3) is 4.79. The van der Waals surface area contributed by atoms with Gasteiger partial charge >= 0.3 is 5.97 Å². The number of anilines is 1. The quantitative estimate of drug-likeness (QED) is 0.791. The molecule has 1 aromatic carbocycles. The van der Waals surface area contributed by atoms with Crippen LogP contribution in [0.2, 0.25) is 0 Å². The van der Waals surface area contributed by atoms with Crippen LogP contribution in [0.4, 0.5) is 5.69 Å². The molecule has 5 nitrogen and oxygen atoms in total. The van der Waals surface area contributed by atoms with E-state index in [1.165, 1.54) is 0 Å². The van der Waals surface area contributed by atoms with Crippen molar-refractivity contribution < 1.29 is 14.6 Å². The fourth-order valence-corrected chi connectivity index (χ4v) is 1.75. The molecular formula is C14H22N2O3. The van der Waals surface area contributed by atoms with Gasteiger partial charge in [0.2, 0.25) is 0 Å². The molecule has 0 bridgehead atoms. The van der Waals surface area contributed by atoms with E-state index in [0.29, 0.717) is 11.4 Å². The molecule has 1 rings (SSSR count). The first kappa shape index (κ1) is 15.3. The standard InChI is InChI=1S/C14H22N2O3/c1-10(7-8-16(2)3)15-13-9-11(19-4)5-6-12(13)14(17)18/h5-6,9-10,15H,7-8H2,1-4H3,(H,17,18). The van der Waals surface area contributed by atoms with Gasteiger partial charge in [-0.3, -0.25) is 0 Å². The Balaban J connectivity index is 2.82. The maximum absolute atomic E-state index is 11.2. The molecule has 0 spiro atoms. The van der Waals surface area contributed by atoms with Crippen molar-refractivity contribution in [2.75, 3.05) is 33.1 Å². The number of carboxylic acids is 1. The molecule has 1 aromatic rings. The predicted octanol–water partition coefficient (Wildman–Crippen LogP) is 2.15. The lowest BCUT2D eigenvalue weighted by molar-refractivity contribution is 0.0698. The fourth-order valence-electron chi connectivity index (χ4n) is 1.75. The topological polar surface area (TPSA) is 61.8 Å². The zero-order valence-electron chi connectivity index (χ0n) is 11.9. The summed E-state index contributed by atoms with van der Waals surface area (Å²) in [7, 11) is 5.59. The summed E-state index contributed by atoms with van der Waals surface area (Å²) < 4.78 is 5.13. The maximum atomic E-state index is 11.2. The SMILES string of the molecule is COc1ccc(C(=O)O)c(NC(C)CCN(C)C)c1. The molecule has 2 N–H and O–H groups in total. The Morgan fingerprint density at radius 2 is 2.16 bits per heavy atom. The molecule has 0 radical (unpaired) electrons. The molecule has 19 heavy (non-hydrogen) atoms. The van der Waals surface area contributed by atoms with Gasteiger partial charge in [-0.15, -0.1) is 0 Å². The lowest BCUT2D eigenvalue weighted by Crippen LogP contribution is -2.23. The van der Waals surface area contributed by atoms with E-state index >= 15 is 0 Å². The van der Waals surface area contributed by atoms with E-state index in [-0.39, 0.29) is 11.6 Å². The normalized spacial score (nSPS) is 12.3. The molecule has 5 heteroatoms. The van der Waals surface area contributed by atoms with Crippen molar-refractivity contribution in [1.29, 1.82) is 0 Å². The van der Waals surface area contributed by atoms with E-state index in [9.17, 15) is 9.90 Å². The minimum atomic E-state index is -0.940. The molecule has 0 aromatic heterocycles. The average Bonchev–Trinajstić information content (AvgIpc) is 2.35. The lowest BCUT2D eigenvalue weighted by Gasteiger charge is -2.19. The molecule has 0 saturated heterocycles. The molecule has 0 aliphatic heterocycles. The number of aromatic carboxylic acids is 1. The van der Waals surface area contributed by atoms with Crippen molar-refractivity contribution in [1.82, 2.24) is 4.90 Å². The molecule has 0 aliphatic carbocycles. The van der Waals surface area contributed by atoms with Crippen LogP contribution in [0.3, 0.4) is 0 Å². The third-order valence-electron chi connectivity index (χ3n) is 2.87.